The van der Waals surface area contributed by atoms with Gasteiger partial charge in [-0.3, -0.25) is 9.59 Å². The Balaban J connectivity index is 0.00000180. The molecule has 2 amide bonds. The smallest absolute Gasteiger partial charge is 0.251 e. The number of benzene rings is 1. The van der Waals surface area contributed by atoms with Crippen molar-refractivity contribution in [1.82, 2.24) is 5.32 Å². The Morgan fingerprint density at radius 2 is 1.84 bits per heavy atom. The summed E-state index contributed by atoms with van der Waals surface area (Å²) in [7, 11) is 0. The van der Waals surface area contributed by atoms with Crippen LogP contribution in [0.25, 0.3) is 0 Å². The molecule has 1 aliphatic carbocycles. The van der Waals surface area contributed by atoms with E-state index in [1.165, 1.54) is 0 Å². The van der Waals surface area contributed by atoms with E-state index in [9.17, 15) is 9.59 Å². The molecule has 104 valence electrons. The van der Waals surface area contributed by atoms with E-state index in [2.05, 4.69) is 10.6 Å². The van der Waals surface area contributed by atoms with Crippen LogP contribution in [-0.2, 0) is 4.79 Å². The molecule has 5 nitrogen and oxygen atoms in total. The quantitative estimate of drug-likeness (QED) is 0.778. The van der Waals surface area contributed by atoms with Crippen LogP contribution in [0.3, 0.4) is 0 Å². The van der Waals surface area contributed by atoms with Crippen molar-refractivity contribution < 1.29 is 9.59 Å². The maximum Gasteiger partial charge on any atom is 0.251 e. The lowest BCUT2D eigenvalue weighted by Crippen LogP contribution is -2.37. The third-order valence-corrected chi connectivity index (χ3v) is 2.98. The Morgan fingerprint density at radius 3 is 2.32 bits per heavy atom. The number of nitrogens with one attached hydrogen (secondary N) is 2. The highest BCUT2D eigenvalue weighted by Gasteiger charge is 2.45. The van der Waals surface area contributed by atoms with Gasteiger partial charge in [0.15, 0.2) is 0 Å². The highest BCUT2D eigenvalue weighted by atomic mass is 35.5. The molecule has 0 unspecified atom stereocenters. The first-order valence-corrected chi connectivity index (χ1v) is 6.04. The van der Waals surface area contributed by atoms with Crippen molar-refractivity contribution in [2.75, 3.05) is 11.9 Å². The summed E-state index contributed by atoms with van der Waals surface area (Å²) in [5.41, 5.74) is 6.33. The maximum absolute atomic E-state index is 11.7. The number of hydrogen-bond donors (Lipinski definition) is 3. The Kier molecular flexibility index (Phi) is 4.91. The zero-order valence-corrected chi connectivity index (χ0v) is 11.5. The van der Waals surface area contributed by atoms with Crippen molar-refractivity contribution in [3.63, 3.8) is 0 Å². The summed E-state index contributed by atoms with van der Waals surface area (Å²) in [5.74, 6) is -0.277. The van der Waals surface area contributed by atoms with Gasteiger partial charge in [-0.05, 0) is 44.0 Å². The lowest BCUT2D eigenvalue weighted by Gasteiger charge is -2.10. The first-order valence-electron chi connectivity index (χ1n) is 6.04. The molecule has 0 saturated heterocycles. The molecule has 0 bridgehead atoms. The number of carbonyl (C=O) groups excluding carboxylic acids is 2. The fourth-order valence-corrected chi connectivity index (χ4v) is 1.58. The largest absolute Gasteiger partial charge is 0.352 e. The molecule has 0 atom stereocenters. The van der Waals surface area contributed by atoms with Gasteiger partial charge in [0.1, 0.15) is 0 Å². The Bertz CT molecular complexity index is 469. The van der Waals surface area contributed by atoms with Crippen molar-refractivity contribution in [2.45, 2.75) is 25.3 Å². The lowest BCUT2D eigenvalue weighted by molar-refractivity contribution is -0.118. The first kappa shape index (κ1) is 15.5. The topological polar surface area (TPSA) is 84.2 Å². The SMILES string of the molecule is CCNC(=O)c1ccc(NC(=O)C2(N)CC2)cc1.Cl. The number of amides is 2. The molecule has 19 heavy (non-hydrogen) atoms. The van der Waals surface area contributed by atoms with Gasteiger partial charge in [0, 0.05) is 17.8 Å². The van der Waals surface area contributed by atoms with Crippen LogP contribution in [0.2, 0.25) is 0 Å². The highest BCUT2D eigenvalue weighted by molar-refractivity contribution is 6.00. The first-order chi connectivity index (χ1) is 8.55. The third kappa shape index (κ3) is 3.68. The Labute approximate surface area is 118 Å². The molecule has 6 heteroatoms. The molecular weight excluding hydrogens is 266 g/mol. The Morgan fingerprint density at radius 1 is 1.26 bits per heavy atom. The second kappa shape index (κ2) is 6.04. The Hall–Kier alpha value is -1.59. The molecule has 1 aromatic rings. The van der Waals surface area contributed by atoms with Crippen LogP contribution in [0.4, 0.5) is 5.69 Å². The van der Waals surface area contributed by atoms with E-state index < -0.39 is 5.54 Å². The van der Waals surface area contributed by atoms with E-state index >= 15 is 0 Å². The summed E-state index contributed by atoms with van der Waals surface area (Å²) in [6, 6.07) is 6.76. The molecule has 0 aliphatic heterocycles. The zero-order chi connectivity index (χ0) is 13.2. The molecule has 0 heterocycles. The molecule has 2 rings (SSSR count). The summed E-state index contributed by atoms with van der Waals surface area (Å²) in [5, 5.41) is 5.46. The van der Waals surface area contributed by atoms with Crippen LogP contribution >= 0.6 is 12.4 Å². The van der Waals surface area contributed by atoms with Crippen LogP contribution in [0.15, 0.2) is 24.3 Å². The summed E-state index contributed by atoms with van der Waals surface area (Å²) in [4.78, 5) is 23.2. The van der Waals surface area contributed by atoms with E-state index in [0.29, 0.717) is 17.8 Å². The van der Waals surface area contributed by atoms with Crippen molar-refractivity contribution >= 4 is 29.9 Å². The fraction of sp³-hybridized carbons (Fsp3) is 0.385. The van der Waals surface area contributed by atoms with Gasteiger partial charge in [0.25, 0.3) is 5.91 Å². The molecule has 1 aliphatic rings. The van der Waals surface area contributed by atoms with Gasteiger partial charge in [0.2, 0.25) is 5.91 Å². The molecule has 4 N–H and O–H groups in total. The van der Waals surface area contributed by atoms with Gasteiger partial charge < -0.3 is 16.4 Å². The monoisotopic (exact) mass is 283 g/mol. The maximum atomic E-state index is 11.7. The molecule has 1 fully saturated rings. The van der Waals surface area contributed by atoms with Gasteiger partial charge in [-0.25, -0.2) is 0 Å². The van der Waals surface area contributed by atoms with Gasteiger partial charge in [-0.2, -0.15) is 0 Å². The number of rotatable bonds is 4. The lowest BCUT2D eigenvalue weighted by atomic mass is 10.2. The fourth-order valence-electron chi connectivity index (χ4n) is 1.58. The van der Waals surface area contributed by atoms with E-state index in [0.717, 1.165) is 12.8 Å². The third-order valence-electron chi connectivity index (χ3n) is 2.98. The van der Waals surface area contributed by atoms with Crippen molar-refractivity contribution in [1.29, 1.82) is 0 Å². The average Bonchev–Trinajstić information content (AvgIpc) is 3.10. The van der Waals surface area contributed by atoms with E-state index in [1.54, 1.807) is 24.3 Å². The van der Waals surface area contributed by atoms with E-state index in [1.807, 2.05) is 6.92 Å². The number of anilines is 1. The second-order valence-corrected chi connectivity index (χ2v) is 4.55. The minimum atomic E-state index is -0.682. The van der Waals surface area contributed by atoms with Crippen molar-refractivity contribution in [3.05, 3.63) is 29.8 Å². The minimum Gasteiger partial charge on any atom is -0.352 e. The predicted octanol–water partition coefficient (Wildman–Crippen LogP) is 1.29. The van der Waals surface area contributed by atoms with Crippen LogP contribution in [-0.4, -0.2) is 23.9 Å². The zero-order valence-electron chi connectivity index (χ0n) is 10.7. The molecule has 1 saturated carbocycles. The van der Waals surface area contributed by atoms with Crippen LogP contribution in [0, 0.1) is 0 Å². The predicted molar refractivity (Wildman–Crippen MR) is 76.5 cm³/mol. The molecular formula is C13H18ClN3O2. The van der Waals surface area contributed by atoms with Gasteiger partial charge >= 0.3 is 0 Å². The van der Waals surface area contributed by atoms with Gasteiger partial charge in [-0.1, -0.05) is 0 Å². The van der Waals surface area contributed by atoms with Crippen LogP contribution in [0.1, 0.15) is 30.1 Å². The number of hydrogen-bond acceptors (Lipinski definition) is 3. The average molecular weight is 284 g/mol. The summed E-state index contributed by atoms with van der Waals surface area (Å²) < 4.78 is 0. The van der Waals surface area contributed by atoms with Gasteiger partial charge in [0.05, 0.1) is 5.54 Å². The second-order valence-electron chi connectivity index (χ2n) is 4.55. The molecule has 0 spiro atoms. The van der Waals surface area contributed by atoms with Crippen LogP contribution < -0.4 is 16.4 Å². The van der Waals surface area contributed by atoms with Crippen LogP contribution in [0.5, 0.6) is 0 Å². The molecule has 0 radical (unpaired) electrons. The van der Waals surface area contributed by atoms with Crippen molar-refractivity contribution in [3.8, 4) is 0 Å². The number of carbonyl (C=O) groups is 2. The molecule has 0 aromatic heterocycles. The van der Waals surface area contributed by atoms with Gasteiger partial charge in [-0.15, -0.1) is 12.4 Å². The van der Waals surface area contributed by atoms with Crippen molar-refractivity contribution in [2.24, 2.45) is 5.73 Å². The minimum absolute atomic E-state index is 0. The summed E-state index contributed by atoms with van der Waals surface area (Å²) >= 11 is 0. The number of halogens is 1. The molecule has 1 aromatic carbocycles. The number of nitrogens with two attached hydrogens (primary N) is 1. The highest BCUT2D eigenvalue weighted by Crippen LogP contribution is 2.33. The normalized spacial score (nSPS) is 15.1. The van der Waals surface area contributed by atoms with E-state index in [-0.39, 0.29) is 24.2 Å². The summed E-state index contributed by atoms with van der Waals surface area (Å²) in [6.07, 6.45) is 1.46. The standard InChI is InChI=1S/C13H17N3O2.ClH/c1-2-15-11(17)9-3-5-10(6-4-9)16-12(18)13(14)7-8-13;/h3-6H,2,7-8,14H2,1H3,(H,15,17)(H,16,18);1H. The summed E-state index contributed by atoms with van der Waals surface area (Å²) in [6.45, 7) is 2.45. The van der Waals surface area contributed by atoms with E-state index in [4.69, 9.17) is 5.73 Å².